The van der Waals surface area contributed by atoms with Gasteiger partial charge >= 0.3 is 0 Å². The molecule has 72 valence electrons. The number of rotatable bonds is 1. The van der Waals surface area contributed by atoms with E-state index in [1.165, 1.54) is 0 Å². The molecule has 14 heavy (non-hydrogen) atoms. The van der Waals surface area contributed by atoms with Crippen LogP contribution in [0.4, 0.5) is 0 Å². The van der Waals surface area contributed by atoms with E-state index in [0.29, 0.717) is 13.1 Å². The predicted molar refractivity (Wildman–Crippen MR) is 51.5 cm³/mol. The largest absolute Gasteiger partial charge is 0.389 e. The summed E-state index contributed by atoms with van der Waals surface area (Å²) < 4.78 is 0. The van der Waals surface area contributed by atoms with E-state index >= 15 is 0 Å². The van der Waals surface area contributed by atoms with Crippen molar-refractivity contribution in [1.29, 1.82) is 0 Å². The summed E-state index contributed by atoms with van der Waals surface area (Å²) in [5.41, 5.74) is 1.87. The highest BCUT2D eigenvalue weighted by Crippen LogP contribution is 2.13. The van der Waals surface area contributed by atoms with Crippen molar-refractivity contribution < 1.29 is 5.11 Å². The van der Waals surface area contributed by atoms with Crippen LogP contribution in [0, 0.1) is 0 Å². The van der Waals surface area contributed by atoms with E-state index in [0.717, 1.165) is 11.0 Å². The molecule has 0 spiro atoms. The van der Waals surface area contributed by atoms with Crippen molar-refractivity contribution in [3.63, 3.8) is 0 Å². The first-order chi connectivity index (χ1) is 6.84. The summed E-state index contributed by atoms with van der Waals surface area (Å²) in [6.45, 7) is 1.26. The molecule has 1 aromatic heterocycles. The molecule has 1 aromatic carbocycles. The van der Waals surface area contributed by atoms with Gasteiger partial charge in [-0.05, 0) is 17.3 Å². The molecule has 1 N–H and O–H groups in total. The Bertz CT molecular complexity index is 461. The lowest BCUT2D eigenvalue weighted by Crippen LogP contribution is -2.57. The number of fused-ring (bicyclic) bond motifs is 1. The Morgan fingerprint density at radius 1 is 1.29 bits per heavy atom. The van der Waals surface area contributed by atoms with E-state index in [4.69, 9.17) is 0 Å². The van der Waals surface area contributed by atoms with Gasteiger partial charge in [0, 0.05) is 0 Å². The van der Waals surface area contributed by atoms with Gasteiger partial charge in [-0.2, -0.15) is 4.79 Å². The monoisotopic (exact) mass is 190 g/mol. The Hall–Kier alpha value is -1.62. The van der Waals surface area contributed by atoms with E-state index in [2.05, 4.69) is 10.3 Å². The first-order valence-electron chi connectivity index (χ1n) is 4.58. The van der Waals surface area contributed by atoms with Gasteiger partial charge in [-0.3, -0.25) is 5.01 Å². The van der Waals surface area contributed by atoms with Crippen LogP contribution in [0.2, 0.25) is 0 Å². The lowest BCUT2D eigenvalue weighted by Gasteiger charge is -2.36. The Balaban J connectivity index is 2.05. The van der Waals surface area contributed by atoms with E-state index in [1.807, 2.05) is 29.3 Å². The van der Waals surface area contributed by atoms with Crippen LogP contribution in [0.5, 0.6) is 0 Å². The molecule has 0 radical (unpaired) electrons. The summed E-state index contributed by atoms with van der Waals surface area (Å²) in [5, 5.41) is 19.2. The van der Waals surface area contributed by atoms with Crippen molar-refractivity contribution in [2.24, 2.45) is 0 Å². The van der Waals surface area contributed by atoms with Gasteiger partial charge in [-0.25, -0.2) is 0 Å². The zero-order chi connectivity index (χ0) is 9.54. The van der Waals surface area contributed by atoms with Crippen molar-refractivity contribution in [2.45, 2.75) is 6.10 Å². The van der Waals surface area contributed by atoms with Gasteiger partial charge < -0.3 is 5.11 Å². The number of para-hydroxylation sites is 1. The Kier molecular flexibility index (Phi) is 1.49. The van der Waals surface area contributed by atoms with Crippen molar-refractivity contribution >= 4 is 11.0 Å². The number of hydrogen-bond donors (Lipinski definition) is 1. The molecule has 5 heteroatoms. The standard InChI is InChI=1S/C9H10N4O/c14-7-5-12(6-7)13-9-4-2-1-3-8(9)10-11-13/h1-4,7,14H,5-6H2. The summed E-state index contributed by atoms with van der Waals surface area (Å²) in [4.78, 5) is 1.75. The smallest absolute Gasteiger partial charge is 0.115 e. The number of aliphatic hydroxyl groups is 1. The van der Waals surface area contributed by atoms with Gasteiger partial charge in [0.1, 0.15) is 11.0 Å². The fraction of sp³-hybridized carbons (Fsp3) is 0.333. The van der Waals surface area contributed by atoms with Crippen molar-refractivity contribution in [1.82, 2.24) is 15.1 Å². The van der Waals surface area contributed by atoms with E-state index in [9.17, 15) is 5.11 Å². The average Bonchev–Trinajstić information content (AvgIpc) is 2.56. The summed E-state index contributed by atoms with van der Waals surface area (Å²) in [6.07, 6.45) is -0.224. The SMILES string of the molecule is OC1CN(n2nnc3ccccc32)C1. The summed E-state index contributed by atoms with van der Waals surface area (Å²) in [6, 6.07) is 7.79. The minimum absolute atomic E-state index is 0.224. The van der Waals surface area contributed by atoms with Gasteiger partial charge in [0.05, 0.1) is 19.2 Å². The minimum atomic E-state index is -0.224. The third kappa shape index (κ3) is 0.990. The quantitative estimate of drug-likeness (QED) is 0.673. The fourth-order valence-corrected chi connectivity index (χ4v) is 1.65. The Labute approximate surface area is 80.5 Å². The highest BCUT2D eigenvalue weighted by molar-refractivity contribution is 5.74. The van der Waals surface area contributed by atoms with E-state index in [-0.39, 0.29) is 6.10 Å². The molecule has 0 aliphatic carbocycles. The second-order valence-corrected chi connectivity index (χ2v) is 3.49. The molecule has 0 unspecified atom stereocenters. The molecule has 5 nitrogen and oxygen atoms in total. The molecule has 2 aromatic rings. The Morgan fingerprint density at radius 3 is 2.86 bits per heavy atom. The molecule has 1 saturated heterocycles. The lowest BCUT2D eigenvalue weighted by atomic mass is 10.2. The van der Waals surface area contributed by atoms with Gasteiger partial charge in [0.15, 0.2) is 0 Å². The predicted octanol–water partition coefficient (Wildman–Crippen LogP) is -0.256. The molecule has 0 atom stereocenters. The minimum Gasteiger partial charge on any atom is -0.389 e. The number of benzene rings is 1. The summed E-state index contributed by atoms with van der Waals surface area (Å²) in [5.74, 6) is 0. The van der Waals surface area contributed by atoms with Crippen LogP contribution >= 0.6 is 0 Å². The first kappa shape index (κ1) is 7.75. The van der Waals surface area contributed by atoms with Crippen LogP contribution in [-0.4, -0.2) is 39.4 Å². The van der Waals surface area contributed by atoms with Crippen LogP contribution in [0.3, 0.4) is 0 Å². The van der Waals surface area contributed by atoms with Crippen LogP contribution in [-0.2, 0) is 0 Å². The van der Waals surface area contributed by atoms with Gasteiger partial charge in [0.25, 0.3) is 0 Å². The van der Waals surface area contributed by atoms with Crippen LogP contribution in [0.1, 0.15) is 0 Å². The van der Waals surface area contributed by atoms with E-state index in [1.54, 1.807) is 4.79 Å². The number of hydrogen-bond acceptors (Lipinski definition) is 4. The number of nitrogens with zero attached hydrogens (tertiary/aromatic N) is 4. The third-order valence-electron chi connectivity index (χ3n) is 2.45. The molecular weight excluding hydrogens is 180 g/mol. The highest BCUT2D eigenvalue weighted by Gasteiger charge is 2.26. The van der Waals surface area contributed by atoms with Gasteiger partial charge in [-0.15, -0.1) is 5.10 Å². The lowest BCUT2D eigenvalue weighted by molar-refractivity contribution is 0.117. The van der Waals surface area contributed by atoms with E-state index < -0.39 is 0 Å². The maximum absolute atomic E-state index is 9.19. The van der Waals surface area contributed by atoms with Crippen molar-refractivity contribution in [3.05, 3.63) is 24.3 Å². The molecule has 0 amide bonds. The van der Waals surface area contributed by atoms with Gasteiger partial charge in [-0.1, -0.05) is 12.1 Å². The topological polar surface area (TPSA) is 54.2 Å². The second-order valence-electron chi connectivity index (χ2n) is 3.49. The average molecular weight is 190 g/mol. The number of aliphatic hydroxyl groups excluding tert-OH is 1. The maximum Gasteiger partial charge on any atom is 0.115 e. The fourth-order valence-electron chi connectivity index (χ4n) is 1.65. The zero-order valence-corrected chi connectivity index (χ0v) is 7.54. The zero-order valence-electron chi connectivity index (χ0n) is 7.54. The number of aromatic nitrogens is 3. The molecule has 1 fully saturated rings. The van der Waals surface area contributed by atoms with Crippen molar-refractivity contribution in [2.75, 3.05) is 18.1 Å². The van der Waals surface area contributed by atoms with Crippen LogP contribution in [0.15, 0.2) is 24.3 Å². The Morgan fingerprint density at radius 2 is 2.07 bits per heavy atom. The molecule has 0 saturated carbocycles. The molecule has 1 aliphatic rings. The highest BCUT2D eigenvalue weighted by atomic mass is 16.3. The van der Waals surface area contributed by atoms with Crippen LogP contribution in [0.25, 0.3) is 11.0 Å². The van der Waals surface area contributed by atoms with Gasteiger partial charge in [0.2, 0.25) is 0 Å². The maximum atomic E-state index is 9.19. The first-order valence-corrected chi connectivity index (χ1v) is 4.58. The molecule has 3 rings (SSSR count). The third-order valence-corrected chi connectivity index (χ3v) is 2.45. The van der Waals surface area contributed by atoms with Crippen molar-refractivity contribution in [3.8, 4) is 0 Å². The number of β-amino-alcohol motifs (C(OH)–C–C–N with tert-alkyl or cyclic N) is 1. The molecule has 1 aliphatic heterocycles. The summed E-state index contributed by atoms with van der Waals surface area (Å²) >= 11 is 0. The second kappa shape index (κ2) is 2.68. The molecule has 0 bridgehead atoms. The molecular formula is C9H10N4O. The normalized spacial score (nSPS) is 17.4. The molecule has 2 heterocycles. The summed E-state index contributed by atoms with van der Waals surface area (Å²) in [7, 11) is 0. The van der Waals surface area contributed by atoms with Crippen LogP contribution < -0.4 is 5.01 Å².